The molecule has 0 bridgehead atoms. The van der Waals surface area contributed by atoms with Crippen molar-refractivity contribution in [2.45, 2.75) is 38.7 Å². The molecule has 0 amide bonds. The van der Waals surface area contributed by atoms with E-state index in [0.29, 0.717) is 31.1 Å². The van der Waals surface area contributed by atoms with Gasteiger partial charge in [-0.3, -0.25) is 0 Å². The molecular formula is C14H23N5O2. The summed E-state index contributed by atoms with van der Waals surface area (Å²) >= 11 is 0. The van der Waals surface area contributed by atoms with Crippen molar-refractivity contribution in [2.24, 2.45) is 0 Å². The van der Waals surface area contributed by atoms with Gasteiger partial charge in [-0.05, 0) is 25.7 Å². The van der Waals surface area contributed by atoms with E-state index in [4.69, 9.17) is 9.47 Å². The number of rotatable bonds is 6. The molecule has 1 aromatic rings. The molecule has 0 spiro atoms. The molecule has 1 aromatic heterocycles. The molecular weight excluding hydrogens is 270 g/mol. The minimum atomic E-state index is 0.268. The van der Waals surface area contributed by atoms with Gasteiger partial charge in [-0.2, -0.15) is 15.0 Å². The first kappa shape index (κ1) is 14.3. The van der Waals surface area contributed by atoms with E-state index in [1.54, 1.807) is 0 Å². The lowest BCUT2D eigenvalue weighted by atomic mass is 9.96. The predicted octanol–water partition coefficient (Wildman–Crippen LogP) is 1.46. The van der Waals surface area contributed by atoms with Crippen LogP contribution in [0.2, 0.25) is 0 Å². The van der Waals surface area contributed by atoms with Gasteiger partial charge < -0.3 is 19.7 Å². The van der Waals surface area contributed by atoms with Crippen LogP contribution in [0.25, 0.3) is 0 Å². The summed E-state index contributed by atoms with van der Waals surface area (Å²) in [6.45, 7) is 5.99. The summed E-state index contributed by atoms with van der Waals surface area (Å²) in [5.41, 5.74) is 0. The maximum absolute atomic E-state index is 5.84. The molecule has 1 aliphatic carbocycles. The molecule has 2 aliphatic rings. The number of morpholine rings is 1. The number of anilines is 2. The largest absolute Gasteiger partial charge is 0.460 e. The van der Waals surface area contributed by atoms with Crippen LogP contribution >= 0.6 is 0 Å². The normalized spacial score (nSPS) is 19.2. The van der Waals surface area contributed by atoms with Gasteiger partial charge >= 0.3 is 6.01 Å². The van der Waals surface area contributed by atoms with Gasteiger partial charge in [0, 0.05) is 19.6 Å². The molecule has 3 rings (SSSR count). The van der Waals surface area contributed by atoms with Gasteiger partial charge in [-0.1, -0.05) is 6.92 Å². The third kappa shape index (κ3) is 3.72. The summed E-state index contributed by atoms with van der Waals surface area (Å²) in [5, 5.41) is 3.22. The first-order chi connectivity index (χ1) is 10.3. The number of nitrogens with one attached hydrogen (secondary N) is 1. The zero-order valence-corrected chi connectivity index (χ0v) is 12.5. The molecule has 1 N–H and O–H groups in total. The van der Waals surface area contributed by atoms with E-state index < -0.39 is 0 Å². The first-order valence-corrected chi connectivity index (χ1v) is 7.84. The van der Waals surface area contributed by atoms with Crippen LogP contribution in [0, 0.1) is 0 Å². The van der Waals surface area contributed by atoms with Crippen LogP contribution < -0.4 is 15.0 Å². The standard InChI is InChI=1S/C14H23N5O2/c1-2-6-15-12-16-13(19-7-9-20-10-8-19)18-14(17-12)21-11-4-3-5-11/h11H,2-10H2,1H3,(H,15,16,17,18). The van der Waals surface area contributed by atoms with E-state index in [1.807, 2.05) is 0 Å². The fraction of sp³-hybridized carbons (Fsp3) is 0.786. The average molecular weight is 293 g/mol. The van der Waals surface area contributed by atoms with E-state index in [-0.39, 0.29) is 6.10 Å². The second kappa shape index (κ2) is 6.89. The number of nitrogens with zero attached hydrogens (tertiary/aromatic N) is 4. The topological polar surface area (TPSA) is 72.4 Å². The minimum Gasteiger partial charge on any atom is -0.460 e. The summed E-state index contributed by atoms with van der Waals surface area (Å²) in [4.78, 5) is 15.5. The first-order valence-electron chi connectivity index (χ1n) is 7.84. The molecule has 116 valence electrons. The number of hydrogen-bond acceptors (Lipinski definition) is 7. The van der Waals surface area contributed by atoms with E-state index in [1.165, 1.54) is 6.42 Å². The molecule has 0 unspecified atom stereocenters. The summed E-state index contributed by atoms with van der Waals surface area (Å²) in [7, 11) is 0. The number of hydrogen-bond donors (Lipinski definition) is 1. The molecule has 1 saturated heterocycles. The van der Waals surface area contributed by atoms with E-state index in [9.17, 15) is 0 Å². The second-order valence-corrected chi connectivity index (χ2v) is 5.44. The van der Waals surface area contributed by atoms with Gasteiger partial charge in [0.05, 0.1) is 13.2 Å². The van der Waals surface area contributed by atoms with Gasteiger partial charge in [-0.25, -0.2) is 0 Å². The molecule has 7 nitrogen and oxygen atoms in total. The fourth-order valence-corrected chi connectivity index (χ4v) is 2.26. The van der Waals surface area contributed by atoms with Gasteiger partial charge in [0.2, 0.25) is 11.9 Å². The Hall–Kier alpha value is -1.63. The van der Waals surface area contributed by atoms with Crippen molar-refractivity contribution in [1.29, 1.82) is 0 Å². The Balaban J connectivity index is 1.76. The summed E-state index contributed by atoms with van der Waals surface area (Å²) in [6, 6.07) is 0.440. The Bertz CT molecular complexity index is 461. The van der Waals surface area contributed by atoms with Crippen molar-refractivity contribution in [1.82, 2.24) is 15.0 Å². The fourth-order valence-electron chi connectivity index (χ4n) is 2.26. The van der Waals surface area contributed by atoms with Crippen molar-refractivity contribution in [3.8, 4) is 6.01 Å². The Labute approximate surface area is 125 Å². The SMILES string of the molecule is CCCNc1nc(OC2CCC2)nc(N2CCOCC2)n1. The molecule has 0 aromatic carbocycles. The zero-order valence-electron chi connectivity index (χ0n) is 12.5. The highest BCUT2D eigenvalue weighted by Crippen LogP contribution is 2.24. The highest BCUT2D eigenvalue weighted by molar-refractivity contribution is 5.38. The summed E-state index contributed by atoms with van der Waals surface area (Å²) in [6.07, 6.45) is 4.71. The highest BCUT2D eigenvalue weighted by atomic mass is 16.5. The third-order valence-electron chi connectivity index (χ3n) is 3.75. The van der Waals surface area contributed by atoms with Crippen LogP contribution in [0.3, 0.4) is 0 Å². The van der Waals surface area contributed by atoms with Crippen LogP contribution in [-0.2, 0) is 4.74 Å². The van der Waals surface area contributed by atoms with Crippen LogP contribution in [-0.4, -0.2) is 53.9 Å². The Kier molecular flexibility index (Phi) is 4.69. The van der Waals surface area contributed by atoms with Crippen molar-refractivity contribution in [3.05, 3.63) is 0 Å². The molecule has 1 saturated carbocycles. The highest BCUT2D eigenvalue weighted by Gasteiger charge is 2.22. The molecule has 21 heavy (non-hydrogen) atoms. The van der Waals surface area contributed by atoms with Crippen LogP contribution in [0.4, 0.5) is 11.9 Å². The van der Waals surface area contributed by atoms with Crippen molar-refractivity contribution in [3.63, 3.8) is 0 Å². The van der Waals surface area contributed by atoms with Crippen molar-refractivity contribution < 1.29 is 9.47 Å². The van der Waals surface area contributed by atoms with Gasteiger partial charge in [-0.15, -0.1) is 0 Å². The van der Waals surface area contributed by atoms with E-state index in [0.717, 1.165) is 38.9 Å². The Morgan fingerprint density at radius 2 is 2.05 bits per heavy atom. The molecule has 0 radical (unpaired) electrons. The zero-order chi connectivity index (χ0) is 14.5. The van der Waals surface area contributed by atoms with Crippen LogP contribution in [0.5, 0.6) is 6.01 Å². The average Bonchev–Trinajstić information content (AvgIpc) is 2.50. The molecule has 2 heterocycles. The van der Waals surface area contributed by atoms with E-state index >= 15 is 0 Å². The smallest absolute Gasteiger partial charge is 0.323 e. The third-order valence-corrected chi connectivity index (χ3v) is 3.75. The Morgan fingerprint density at radius 3 is 2.71 bits per heavy atom. The van der Waals surface area contributed by atoms with Crippen LogP contribution in [0.15, 0.2) is 0 Å². The maximum Gasteiger partial charge on any atom is 0.323 e. The molecule has 7 heteroatoms. The molecule has 0 atom stereocenters. The monoisotopic (exact) mass is 293 g/mol. The summed E-state index contributed by atoms with van der Waals surface area (Å²) < 4.78 is 11.2. The second-order valence-electron chi connectivity index (χ2n) is 5.44. The summed E-state index contributed by atoms with van der Waals surface area (Å²) in [5.74, 6) is 1.28. The molecule has 2 fully saturated rings. The van der Waals surface area contributed by atoms with Crippen molar-refractivity contribution in [2.75, 3.05) is 43.1 Å². The lowest BCUT2D eigenvalue weighted by Crippen LogP contribution is -2.37. The molecule has 1 aliphatic heterocycles. The quantitative estimate of drug-likeness (QED) is 0.851. The maximum atomic E-state index is 5.84. The predicted molar refractivity (Wildman–Crippen MR) is 79.9 cm³/mol. The van der Waals surface area contributed by atoms with Gasteiger partial charge in [0.25, 0.3) is 0 Å². The van der Waals surface area contributed by atoms with E-state index in [2.05, 4.69) is 32.1 Å². The Morgan fingerprint density at radius 1 is 1.24 bits per heavy atom. The lowest BCUT2D eigenvalue weighted by molar-refractivity contribution is 0.107. The number of ether oxygens (including phenoxy) is 2. The lowest BCUT2D eigenvalue weighted by Gasteiger charge is -2.28. The number of aromatic nitrogens is 3. The van der Waals surface area contributed by atoms with Gasteiger partial charge in [0.1, 0.15) is 6.10 Å². The van der Waals surface area contributed by atoms with Gasteiger partial charge in [0.15, 0.2) is 0 Å². The van der Waals surface area contributed by atoms with Crippen LogP contribution in [0.1, 0.15) is 32.6 Å². The minimum absolute atomic E-state index is 0.268. The van der Waals surface area contributed by atoms with Crippen molar-refractivity contribution >= 4 is 11.9 Å².